The molecular formula is C13H21N3OS. The summed E-state index contributed by atoms with van der Waals surface area (Å²) in [5.41, 5.74) is 0. The zero-order valence-electron chi connectivity index (χ0n) is 11.0. The van der Waals surface area contributed by atoms with Crippen LogP contribution in [0, 0.1) is 5.92 Å². The maximum Gasteiger partial charge on any atom is 0.237 e. The minimum atomic E-state index is -0.0164. The van der Waals surface area contributed by atoms with Gasteiger partial charge in [0, 0.05) is 24.0 Å². The van der Waals surface area contributed by atoms with Crippen LogP contribution in [0.15, 0.2) is 11.6 Å². The van der Waals surface area contributed by atoms with Crippen LogP contribution in [0.4, 0.5) is 0 Å². The normalized spacial score (nSPS) is 25.7. The number of hydrogen-bond donors (Lipinski definition) is 2. The number of nitrogens with zero attached hydrogens (tertiary/aromatic N) is 1. The summed E-state index contributed by atoms with van der Waals surface area (Å²) in [5.74, 6) is 1.05. The average Bonchev–Trinajstić information content (AvgIpc) is 2.89. The van der Waals surface area contributed by atoms with Crippen molar-refractivity contribution in [1.29, 1.82) is 0 Å². The van der Waals surface area contributed by atoms with Gasteiger partial charge in [0.1, 0.15) is 0 Å². The molecule has 5 heteroatoms. The van der Waals surface area contributed by atoms with E-state index in [1.807, 2.05) is 11.6 Å². The van der Waals surface area contributed by atoms with Gasteiger partial charge in [-0.1, -0.05) is 13.8 Å². The molecule has 1 aromatic rings. The molecule has 1 aliphatic rings. The lowest BCUT2D eigenvalue weighted by atomic mass is 9.94. The third kappa shape index (κ3) is 3.53. The first-order valence-corrected chi connectivity index (χ1v) is 7.45. The lowest BCUT2D eigenvalue weighted by molar-refractivity contribution is -0.124. The lowest BCUT2D eigenvalue weighted by Gasteiger charge is -2.27. The summed E-state index contributed by atoms with van der Waals surface area (Å²) >= 11 is 1.64. The van der Waals surface area contributed by atoms with Crippen LogP contribution >= 0.6 is 11.3 Å². The Bertz CT molecular complexity index is 380. The van der Waals surface area contributed by atoms with Gasteiger partial charge in [0.15, 0.2) is 0 Å². The number of carbonyl (C=O) groups is 1. The highest BCUT2D eigenvalue weighted by Gasteiger charge is 2.24. The number of thiazole rings is 1. The summed E-state index contributed by atoms with van der Waals surface area (Å²) in [4.78, 5) is 16.3. The Morgan fingerprint density at radius 3 is 3.22 bits per heavy atom. The van der Waals surface area contributed by atoms with Crippen LogP contribution in [0.2, 0.25) is 0 Å². The number of hydrogen-bond acceptors (Lipinski definition) is 4. The fourth-order valence-corrected chi connectivity index (χ4v) is 2.95. The molecule has 3 unspecified atom stereocenters. The first kappa shape index (κ1) is 13.5. The fourth-order valence-electron chi connectivity index (χ4n) is 2.25. The predicted octanol–water partition coefficient (Wildman–Crippen LogP) is 1.75. The molecule has 100 valence electrons. The largest absolute Gasteiger partial charge is 0.354 e. The maximum atomic E-state index is 12.0. The van der Waals surface area contributed by atoms with Crippen LogP contribution in [0.25, 0.3) is 0 Å². The Kier molecular flexibility index (Phi) is 4.72. The summed E-state index contributed by atoms with van der Waals surface area (Å²) in [5, 5.41) is 9.36. The standard InChI is InChI=1S/C13H21N3OS/c1-9-3-4-14-11(7-9)12(17)16-8-10(2)13-15-5-6-18-13/h5-6,9-11,14H,3-4,7-8H2,1-2H3,(H,16,17). The quantitative estimate of drug-likeness (QED) is 0.874. The molecule has 2 heterocycles. The van der Waals surface area contributed by atoms with E-state index in [-0.39, 0.29) is 17.9 Å². The lowest BCUT2D eigenvalue weighted by Crippen LogP contribution is -2.49. The molecule has 0 bridgehead atoms. The summed E-state index contributed by atoms with van der Waals surface area (Å²) in [7, 11) is 0. The molecule has 1 aromatic heterocycles. The highest BCUT2D eigenvalue weighted by atomic mass is 32.1. The van der Waals surface area contributed by atoms with Gasteiger partial charge in [-0.05, 0) is 25.3 Å². The van der Waals surface area contributed by atoms with Crippen molar-refractivity contribution < 1.29 is 4.79 Å². The molecule has 18 heavy (non-hydrogen) atoms. The van der Waals surface area contributed by atoms with E-state index in [1.54, 1.807) is 11.3 Å². The number of piperidine rings is 1. The summed E-state index contributed by atoms with van der Waals surface area (Å²) < 4.78 is 0. The molecule has 3 atom stereocenters. The smallest absolute Gasteiger partial charge is 0.237 e. The van der Waals surface area contributed by atoms with Gasteiger partial charge in [-0.3, -0.25) is 4.79 Å². The predicted molar refractivity (Wildman–Crippen MR) is 73.7 cm³/mol. The Balaban J connectivity index is 1.77. The van der Waals surface area contributed by atoms with Gasteiger partial charge in [-0.15, -0.1) is 11.3 Å². The van der Waals surface area contributed by atoms with Crippen molar-refractivity contribution in [1.82, 2.24) is 15.6 Å². The van der Waals surface area contributed by atoms with E-state index in [0.29, 0.717) is 12.5 Å². The van der Waals surface area contributed by atoms with Gasteiger partial charge in [-0.2, -0.15) is 0 Å². The van der Waals surface area contributed by atoms with Crippen molar-refractivity contribution in [2.24, 2.45) is 5.92 Å². The second-order valence-corrected chi connectivity index (χ2v) is 6.08. The second kappa shape index (κ2) is 6.29. The fraction of sp³-hybridized carbons (Fsp3) is 0.692. The molecule has 0 saturated carbocycles. The van der Waals surface area contributed by atoms with Crippen LogP contribution in [0.3, 0.4) is 0 Å². The van der Waals surface area contributed by atoms with E-state index in [0.717, 1.165) is 18.0 Å². The molecule has 0 spiro atoms. The first-order chi connectivity index (χ1) is 8.66. The molecule has 0 radical (unpaired) electrons. The van der Waals surface area contributed by atoms with Crippen molar-refractivity contribution in [3.05, 3.63) is 16.6 Å². The van der Waals surface area contributed by atoms with Crippen LogP contribution in [-0.4, -0.2) is 30.0 Å². The molecule has 1 fully saturated rings. The number of aromatic nitrogens is 1. The number of nitrogens with one attached hydrogen (secondary N) is 2. The summed E-state index contributed by atoms with van der Waals surface area (Å²) in [6.07, 6.45) is 3.92. The number of carbonyl (C=O) groups excluding carboxylic acids is 1. The van der Waals surface area contributed by atoms with Crippen molar-refractivity contribution in [3.63, 3.8) is 0 Å². The number of amides is 1. The van der Waals surface area contributed by atoms with Crippen LogP contribution in [0.1, 0.15) is 37.6 Å². The third-order valence-electron chi connectivity index (χ3n) is 3.44. The van der Waals surface area contributed by atoms with Gasteiger partial charge in [0.25, 0.3) is 0 Å². The van der Waals surface area contributed by atoms with E-state index in [9.17, 15) is 4.79 Å². The van der Waals surface area contributed by atoms with Crippen molar-refractivity contribution in [2.45, 2.75) is 38.6 Å². The molecule has 0 aliphatic carbocycles. The monoisotopic (exact) mass is 267 g/mol. The number of rotatable bonds is 4. The van der Waals surface area contributed by atoms with Crippen LogP contribution in [-0.2, 0) is 4.79 Å². The molecule has 0 aromatic carbocycles. The molecule has 1 saturated heterocycles. The van der Waals surface area contributed by atoms with Gasteiger partial charge in [0.05, 0.1) is 11.0 Å². The van der Waals surface area contributed by atoms with Gasteiger partial charge >= 0.3 is 0 Å². The Hall–Kier alpha value is -0.940. The third-order valence-corrected chi connectivity index (χ3v) is 4.44. The second-order valence-electron chi connectivity index (χ2n) is 5.15. The molecule has 1 aliphatic heterocycles. The summed E-state index contributed by atoms with van der Waals surface area (Å²) in [6.45, 7) is 5.91. The minimum Gasteiger partial charge on any atom is -0.354 e. The first-order valence-electron chi connectivity index (χ1n) is 6.57. The van der Waals surface area contributed by atoms with Crippen LogP contribution < -0.4 is 10.6 Å². The molecule has 1 amide bonds. The molecule has 4 nitrogen and oxygen atoms in total. The van der Waals surface area contributed by atoms with E-state index < -0.39 is 0 Å². The van der Waals surface area contributed by atoms with E-state index in [2.05, 4.69) is 29.5 Å². The highest BCUT2D eigenvalue weighted by molar-refractivity contribution is 7.09. The van der Waals surface area contributed by atoms with Crippen molar-refractivity contribution in [2.75, 3.05) is 13.1 Å². The Labute approximate surface area is 112 Å². The van der Waals surface area contributed by atoms with E-state index in [4.69, 9.17) is 0 Å². The van der Waals surface area contributed by atoms with Gasteiger partial charge in [0.2, 0.25) is 5.91 Å². The van der Waals surface area contributed by atoms with E-state index in [1.165, 1.54) is 6.42 Å². The van der Waals surface area contributed by atoms with Crippen molar-refractivity contribution in [3.8, 4) is 0 Å². The Morgan fingerprint density at radius 1 is 1.72 bits per heavy atom. The van der Waals surface area contributed by atoms with Crippen molar-refractivity contribution >= 4 is 17.2 Å². The van der Waals surface area contributed by atoms with Crippen LogP contribution in [0.5, 0.6) is 0 Å². The topological polar surface area (TPSA) is 54.0 Å². The average molecular weight is 267 g/mol. The zero-order chi connectivity index (χ0) is 13.0. The Morgan fingerprint density at radius 2 is 2.56 bits per heavy atom. The molecule has 2 rings (SSSR count). The highest BCUT2D eigenvalue weighted by Crippen LogP contribution is 2.17. The van der Waals surface area contributed by atoms with E-state index >= 15 is 0 Å². The zero-order valence-corrected chi connectivity index (χ0v) is 11.8. The molecular weight excluding hydrogens is 246 g/mol. The summed E-state index contributed by atoms with van der Waals surface area (Å²) in [6, 6.07) is -0.0164. The molecule has 2 N–H and O–H groups in total. The van der Waals surface area contributed by atoms with Gasteiger partial charge < -0.3 is 10.6 Å². The van der Waals surface area contributed by atoms with Gasteiger partial charge in [-0.25, -0.2) is 4.98 Å². The maximum absolute atomic E-state index is 12.0. The minimum absolute atomic E-state index is 0.0164. The SMILES string of the molecule is CC1CCNC(C(=O)NCC(C)c2nccs2)C1.